The average Bonchev–Trinajstić information content (AvgIpc) is 2.73. The molecule has 1 atom stereocenters. The molecule has 4 heteroatoms. The second-order valence-corrected chi connectivity index (χ2v) is 6.34. The molecule has 1 aromatic heterocycles. The fourth-order valence-electron chi connectivity index (χ4n) is 3.43. The summed E-state index contributed by atoms with van der Waals surface area (Å²) in [5.41, 5.74) is 5.04. The predicted octanol–water partition coefficient (Wildman–Crippen LogP) is 2.00. The number of piperazine rings is 1. The number of hydrogen-bond donors (Lipinski definition) is 0. The SMILES string of the molecule is Cc1nn(C)c(C)c1C1=CC(N2CCN(C)CC2)CC=C1. The molecule has 1 saturated heterocycles. The lowest BCUT2D eigenvalue weighted by Gasteiger charge is -2.37. The zero-order chi connectivity index (χ0) is 15.0. The Morgan fingerprint density at radius 1 is 1.10 bits per heavy atom. The second-order valence-electron chi connectivity index (χ2n) is 6.34. The van der Waals surface area contributed by atoms with Crippen molar-refractivity contribution in [3.63, 3.8) is 0 Å². The average molecular weight is 286 g/mol. The Bertz CT molecular complexity index is 574. The van der Waals surface area contributed by atoms with Gasteiger partial charge in [0.2, 0.25) is 0 Å². The van der Waals surface area contributed by atoms with E-state index in [2.05, 4.69) is 54.0 Å². The first-order valence-corrected chi connectivity index (χ1v) is 7.88. The molecule has 0 N–H and O–H groups in total. The zero-order valence-electron chi connectivity index (χ0n) is 13.6. The molecule has 1 fully saturated rings. The van der Waals surface area contributed by atoms with Crippen LogP contribution in [-0.2, 0) is 7.05 Å². The minimum Gasteiger partial charge on any atom is -0.304 e. The third kappa shape index (κ3) is 2.83. The number of aromatic nitrogens is 2. The molecule has 0 saturated carbocycles. The van der Waals surface area contributed by atoms with E-state index in [-0.39, 0.29) is 0 Å². The lowest BCUT2D eigenvalue weighted by Crippen LogP contribution is -2.48. The van der Waals surface area contributed by atoms with Gasteiger partial charge < -0.3 is 4.90 Å². The molecule has 2 aliphatic rings. The molecular formula is C17H26N4. The number of allylic oxidation sites excluding steroid dienone is 2. The van der Waals surface area contributed by atoms with E-state index in [1.807, 2.05) is 11.7 Å². The largest absolute Gasteiger partial charge is 0.304 e. The number of rotatable bonds is 2. The number of hydrogen-bond acceptors (Lipinski definition) is 3. The van der Waals surface area contributed by atoms with Gasteiger partial charge in [-0.15, -0.1) is 0 Å². The van der Waals surface area contributed by atoms with Crippen LogP contribution in [0.5, 0.6) is 0 Å². The van der Waals surface area contributed by atoms with Crippen molar-refractivity contribution in [1.29, 1.82) is 0 Å². The topological polar surface area (TPSA) is 24.3 Å². The molecule has 2 heterocycles. The summed E-state index contributed by atoms with van der Waals surface area (Å²) in [6, 6.07) is 0.540. The van der Waals surface area contributed by atoms with Crippen LogP contribution in [0, 0.1) is 13.8 Å². The first-order valence-electron chi connectivity index (χ1n) is 7.88. The fraction of sp³-hybridized carbons (Fsp3) is 0.588. The van der Waals surface area contributed by atoms with E-state index >= 15 is 0 Å². The van der Waals surface area contributed by atoms with E-state index < -0.39 is 0 Å². The maximum absolute atomic E-state index is 4.55. The summed E-state index contributed by atoms with van der Waals surface area (Å²) in [6.45, 7) is 8.95. The molecular weight excluding hydrogens is 260 g/mol. The Kier molecular flexibility index (Phi) is 4.00. The summed E-state index contributed by atoms with van der Waals surface area (Å²) in [7, 11) is 4.23. The van der Waals surface area contributed by atoms with Gasteiger partial charge in [0, 0.05) is 50.5 Å². The van der Waals surface area contributed by atoms with Gasteiger partial charge in [-0.25, -0.2) is 0 Å². The van der Waals surface area contributed by atoms with Crippen LogP contribution in [0.25, 0.3) is 5.57 Å². The van der Waals surface area contributed by atoms with Crippen molar-refractivity contribution < 1.29 is 0 Å². The van der Waals surface area contributed by atoms with Crippen molar-refractivity contribution in [2.45, 2.75) is 26.3 Å². The van der Waals surface area contributed by atoms with Crippen LogP contribution >= 0.6 is 0 Å². The molecule has 0 amide bonds. The summed E-state index contributed by atoms with van der Waals surface area (Å²) in [4.78, 5) is 5.03. The highest BCUT2D eigenvalue weighted by atomic mass is 15.3. The van der Waals surface area contributed by atoms with Gasteiger partial charge in [-0.05, 0) is 32.9 Å². The first-order chi connectivity index (χ1) is 10.1. The Balaban J connectivity index is 1.84. The van der Waals surface area contributed by atoms with E-state index in [4.69, 9.17) is 0 Å². The third-order valence-corrected chi connectivity index (χ3v) is 4.85. The molecule has 3 rings (SSSR count). The minimum absolute atomic E-state index is 0.540. The first kappa shape index (κ1) is 14.5. The van der Waals surface area contributed by atoms with Crippen molar-refractivity contribution in [1.82, 2.24) is 19.6 Å². The molecule has 1 aliphatic carbocycles. The Hall–Kier alpha value is -1.39. The summed E-state index contributed by atoms with van der Waals surface area (Å²) >= 11 is 0. The standard InChI is InChI=1S/C17H26N4/c1-13-17(14(2)20(4)18-13)15-6-5-7-16(12-15)21-10-8-19(3)9-11-21/h5-6,12,16H,7-11H2,1-4H3. The zero-order valence-corrected chi connectivity index (χ0v) is 13.6. The monoisotopic (exact) mass is 286 g/mol. The van der Waals surface area contributed by atoms with Crippen molar-refractivity contribution in [3.05, 3.63) is 35.2 Å². The maximum Gasteiger partial charge on any atom is 0.0674 e. The van der Waals surface area contributed by atoms with Gasteiger partial charge in [-0.2, -0.15) is 5.10 Å². The molecule has 114 valence electrons. The van der Waals surface area contributed by atoms with Gasteiger partial charge in [0.1, 0.15) is 0 Å². The van der Waals surface area contributed by atoms with Gasteiger partial charge in [-0.1, -0.05) is 18.2 Å². The number of likely N-dealkylation sites (N-methyl/N-ethyl adjacent to an activating group) is 1. The van der Waals surface area contributed by atoms with E-state index in [1.54, 1.807) is 0 Å². The molecule has 1 aromatic rings. The lowest BCUT2D eigenvalue weighted by molar-refractivity contribution is 0.130. The second kappa shape index (κ2) is 5.78. The van der Waals surface area contributed by atoms with Gasteiger partial charge in [-0.3, -0.25) is 9.58 Å². The molecule has 0 radical (unpaired) electrons. The van der Waals surface area contributed by atoms with Crippen LogP contribution in [0.2, 0.25) is 0 Å². The Labute approximate surface area is 127 Å². The Morgan fingerprint density at radius 3 is 2.43 bits per heavy atom. The summed E-state index contributed by atoms with van der Waals surface area (Å²) in [6.07, 6.45) is 8.17. The molecule has 4 nitrogen and oxygen atoms in total. The smallest absolute Gasteiger partial charge is 0.0674 e. The normalized spacial score (nSPS) is 24.4. The molecule has 21 heavy (non-hydrogen) atoms. The van der Waals surface area contributed by atoms with Crippen LogP contribution in [0.4, 0.5) is 0 Å². The number of nitrogens with zero attached hydrogens (tertiary/aromatic N) is 4. The van der Waals surface area contributed by atoms with E-state index in [0.717, 1.165) is 12.1 Å². The van der Waals surface area contributed by atoms with Crippen LogP contribution in [-0.4, -0.2) is 58.8 Å². The van der Waals surface area contributed by atoms with Crippen LogP contribution in [0.1, 0.15) is 23.4 Å². The molecule has 0 bridgehead atoms. The van der Waals surface area contributed by atoms with Crippen molar-refractivity contribution in [3.8, 4) is 0 Å². The number of aryl methyl sites for hydroxylation is 2. The minimum atomic E-state index is 0.540. The lowest BCUT2D eigenvalue weighted by atomic mass is 9.94. The van der Waals surface area contributed by atoms with Crippen LogP contribution in [0.3, 0.4) is 0 Å². The molecule has 1 unspecified atom stereocenters. The van der Waals surface area contributed by atoms with Crippen molar-refractivity contribution in [2.75, 3.05) is 33.2 Å². The fourth-order valence-corrected chi connectivity index (χ4v) is 3.43. The predicted molar refractivity (Wildman–Crippen MR) is 87.3 cm³/mol. The Morgan fingerprint density at radius 2 is 1.81 bits per heavy atom. The van der Waals surface area contributed by atoms with Gasteiger partial charge in [0.05, 0.1) is 5.69 Å². The molecule has 0 aromatic carbocycles. The summed E-state index contributed by atoms with van der Waals surface area (Å²) in [5, 5.41) is 4.55. The van der Waals surface area contributed by atoms with Crippen LogP contribution < -0.4 is 0 Å². The van der Waals surface area contributed by atoms with E-state index in [0.29, 0.717) is 6.04 Å². The molecule has 1 aliphatic heterocycles. The maximum atomic E-state index is 4.55. The van der Waals surface area contributed by atoms with E-state index in [1.165, 1.54) is 43.0 Å². The van der Waals surface area contributed by atoms with Gasteiger partial charge in [0.25, 0.3) is 0 Å². The highest BCUT2D eigenvalue weighted by Crippen LogP contribution is 2.28. The summed E-state index contributed by atoms with van der Waals surface area (Å²) in [5.74, 6) is 0. The van der Waals surface area contributed by atoms with Gasteiger partial charge in [0.15, 0.2) is 0 Å². The third-order valence-electron chi connectivity index (χ3n) is 4.85. The van der Waals surface area contributed by atoms with Crippen molar-refractivity contribution >= 4 is 5.57 Å². The van der Waals surface area contributed by atoms with Crippen LogP contribution in [0.15, 0.2) is 18.2 Å². The van der Waals surface area contributed by atoms with Crippen molar-refractivity contribution in [2.24, 2.45) is 7.05 Å². The highest BCUT2D eigenvalue weighted by Gasteiger charge is 2.23. The van der Waals surface area contributed by atoms with Gasteiger partial charge >= 0.3 is 0 Å². The highest BCUT2D eigenvalue weighted by molar-refractivity contribution is 5.78. The summed E-state index contributed by atoms with van der Waals surface area (Å²) < 4.78 is 1.98. The quantitative estimate of drug-likeness (QED) is 0.831. The van der Waals surface area contributed by atoms with E-state index in [9.17, 15) is 0 Å². The molecule has 0 spiro atoms.